The molecule has 0 spiro atoms. The molecule has 1 saturated heterocycles. The normalized spacial score (nSPS) is 17.5. The zero-order valence-electron chi connectivity index (χ0n) is 18.5. The molecule has 1 unspecified atom stereocenters. The first-order chi connectivity index (χ1) is 16.0. The number of hydrogen-bond donors (Lipinski definition) is 1. The molecule has 168 valence electrons. The second kappa shape index (κ2) is 9.65. The number of aromatic nitrogens is 2. The molecule has 7 heteroatoms. The summed E-state index contributed by atoms with van der Waals surface area (Å²) in [4.78, 5) is 36.1. The Morgan fingerprint density at radius 3 is 2.30 bits per heavy atom. The molecule has 7 nitrogen and oxygen atoms in total. The standard InChI is InChI=1S/C26H25N3O4/c1-17(2)16-33-20-11-9-18(10-12-20)24(30)22-23(21-8-4-6-14-28-21)29(26(32)25(22)31)15-19-7-3-5-13-27-19/h3-14,17,23,30H,15-16H2,1-2H3/b24-22-. The lowest BCUT2D eigenvalue weighted by Crippen LogP contribution is -2.29. The van der Waals surface area contributed by atoms with Gasteiger partial charge in [0.05, 0.1) is 30.1 Å². The van der Waals surface area contributed by atoms with Gasteiger partial charge in [-0.25, -0.2) is 0 Å². The van der Waals surface area contributed by atoms with E-state index in [1.165, 1.54) is 4.90 Å². The topological polar surface area (TPSA) is 92.6 Å². The molecule has 1 aliphatic rings. The van der Waals surface area contributed by atoms with E-state index in [0.29, 0.717) is 35.2 Å². The summed E-state index contributed by atoms with van der Waals surface area (Å²) in [5, 5.41) is 11.1. The van der Waals surface area contributed by atoms with E-state index in [4.69, 9.17) is 4.74 Å². The maximum Gasteiger partial charge on any atom is 0.296 e. The van der Waals surface area contributed by atoms with Crippen molar-refractivity contribution in [2.24, 2.45) is 5.92 Å². The predicted octanol–water partition coefficient (Wildman–Crippen LogP) is 4.13. The highest BCUT2D eigenvalue weighted by atomic mass is 16.5. The maximum absolute atomic E-state index is 13.1. The number of benzene rings is 1. The summed E-state index contributed by atoms with van der Waals surface area (Å²) in [6, 6.07) is 16.6. The zero-order chi connectivity index (χ0) is 23.4. The quantitative estimate of drug-likeness (QED) is 0.335. The van der Waals surface area contributed by atoms with Crippen LogP contribution in [-0.4, -0.2) is 38.3 Å². The summed E-state index contributed by atoms with van der Waals surface area (Å²) < 4.78 is 5.70. The lowest BCUT2D eigenvalue weighted by atomic mass is 9.98. The lowest BCUT2D eigenvalue weighted by Gasteiger charge is -2.24. The number of aliphatic hydroxyl groups is 1. The van der Waals surface area contributed by atoms with Gasteiger partial charge in [0.2, 0.25) is 0 Å². The van der Waals surface area contributed by atoms with Gasteiger partial charge in [0.15, 0.2) is 0 Å². The fourth-order valence-corrected chi connectivity index (χ4v) is 3.68. The summed E-state index contributed by atoms with van der Waals surface area (Å²) in [5.74, 6) is -0.652. The molecule has 3 heterocycles. The van der Waals surface area contributed by atoms with Crippen LogP contribution in [0, 0.1) is 5.92 Å². The number of hydrogen-bond acceptors (Lipinski definition) is 6. The molecule has 0 radical (unpaired) electrons. The number of nitrogens with zero attached hydrogens (tertiary/aromatic N) is 3. The fourth-order valence-electron chi connectivity index (χ4n) is 3.68. The largest absolute Gasteiger partial charge is 0.507 e. The van der Waals surface area contributed by atoms with Gasteiger partial charge in [-0.3, -0.25) is 19.6 Å². The van der Waals surface area contributed by atoms with Crippen molar-refractivity contribution in [1.82, 2.24) is 14.9 Å². The Balaban J connectivity index is 1.74. The van der Waals surface area contributed by atoms with Gasteiger partial charge in [-0.05, 0) is 54.4 Å². The first-order valence-corrected chi connectivity index (χ1v) is 10.8. The number of ether oxygens (including phenoxy) is 1. The van der Waals surface area contributed by atoms with Crippen molar-refractivity contribution in [3.05, 3.63) is 95.6 Å². The van der Waals surface area contributed by atoms with Gasteiger partial charge in [-0.15, -0.1) is 0 Å². The molecule has 2 aromatic heterocycles. The highest BCUT2D eigenvalue weighted by Crippen LogP contribution is 2.39. The van der Waals surface area contributed by atoms with Crippen LogP contribution in [0.15, 0.2) is 78.6 Å². The van der Waals surface area contributed by atoms with Crippen molar-refractivity contribution in [2.45, 2.75) is 26.4 Å². The van der Waals surface area contributed by atoms with Gasteiger partial charge in [-0.2, -0.15) is 0 Å². The molecular weight excluding hydrogens is 418 g/mol. The maximum atomic E-state index is 13.1. The molecule has 0 bridgehead atoms. The lowest BCUT2D eigenvalue weighted by molar-refractivity contribution is -0.140. The van der Waals surface area contributed by atoms with Gasteiger partial charge in [0.25, 0.3) is 11.7 Å². The average molecular weight is 444 g/mol. The van der Waals surface area contributed by atoms with Crippen LogP contribution < -0.4 is 4.74 Å². The van der Waals surface area contributed by atoms with Gasteiger partial charge < -0.3 is 14.7 Å². The number of pyridine rings is 2. The van der Waals surface area contributed by atoms with E-state index in [1.807, 2.05) is 6.07 Å². The minimum atomic E-state index is -0.829. The Morgan fingerprint density at radius 1 is 1.00 bits per heavy atom. The first kappa shape index (κ1) is 22.2. The van der Waals surface area contributed by atoms with E-state index in [2.05, 4.69) is 23.8 Å². The number of rotatable bonds is 7. The third-order valence-electron chi connectivity index (χ3n) is 5.28. The molecule has 1 atom stereocenters. The first-order valence-electron chi connectivity index (χ1n) is 10.8. The Labute approximate surface area is 192 Å². The third-order valence-corrected chi connectivity index (χ3v) is 5.28. The average Bonchev–Trinajstić information content (AvgIpc) is 3.09. The van der Waals surface area contributed by atoms with Crippen LogP contribution >= 0.6 is 0 Å². The van der Waals surface area contributed by atoms with Gasteiger partial charge >= 0.3 is 0 Å². The number of amides is 1. The van der Waals surface area contributed by atoms with E-state index in [9.17, 15) is 14.7 Å². The smallest absolute Gasteiger partial charge is 0.296 e. The Bertz CT molecular complexity index is 1160. The molecule has 1 aromatic carbocycles. The molecule has 33 heavy (non-hydrogen) atoms. The van der Waals surface area contributed by atoms with Crippen LogP contribution in [0.2, 0.25) is 0 Å². The van der Waals surface area contributed by atoms with Gasteiger partial charge in [0.1, 0.15) is 17.6 Å². The molecule has 1 amide bonds. The van der Waals surface area contributed by atoms with Crippen LogP contribution in [0.1, 0.15) is 36.8 Å². The van der Waals surface area contributed by atoms with Crippen molar-refractivity contribution in [1.29, 1.82) is 0 Å². The van der Waals surface area contributed by atoms with Crippen molar-refractivity contribution in [3.8, 4) is 5.75 Å². The number of ketones is 1. The Hall–Kier alpha value is -4.00. The minimum absolute atomic E-state index is 0.00507. The van der Waals surface area contributed by atoms with E-state index in [0.717, 1.165) is 0 Å². The molecule has 0 aliphatic carbocycles. The van der Waals surface area contributed by atoms with E-state index < -0.39 is 17.7 Å². The number of likely N-dealkylation sites (tertiary alicyclic amines) is 1. The van der Waals surface area contributed by atoms with Crippen LogP contribution in [0.25, 0.3) is 5.76 Å². The van der Waals surface area contributed by atoms with Crippen molar-refractivity contribution in [2.75, 3.05) is 6.61 Å². The monoisotopic (exact) mass is 443 g/mol. The molecule has 0 saturated carbocycles. The number of Topliss-reactive ketones (excluding diaryl/α,β-unsaturated/α-hetero) is 1. The summed E-state index contributed by atoms with van der Waals surface area (Å²) in [5.41, 5.74) is 1.55. The van der Waals surface area contributed by atoms with Crippen molar-refractivity contribution in [3.63, 3.8) is 0 Å². The van der Waals surface area contributed by atoms with Crippen LogP contribution in [0.5, 0.6) is 5.75 Å². The predicted molar refractivity (Wildman–Crippen MR) is 123 cm³/mol. The van der Waals surface area contributed by atoms with Crippen molar-refractivity contribution >= 4 is 17.4 Å². The Morgan fingerprint density at radius 2 is 1.70 bits per heavy atom. The van der Waals surface area contributed by atoms with Crippen molar-refractivity contribution < 1.29 is 19.4 Å². The molecule has 1 fully saturated rings. The summed E-state index contributed by atoms with van der Waals surface area (Å²) in [7, 11) is 0. The molecule has 4 rings (SSSR count). The second-order valence-electron chi connectivity index (χ2n) is 8.23. The van der Waals surface area contributed by atoms with E-state index >= 15 is 0 Å². The third kappa shape index (κ3) is 4.77. The molecule has 3 aromatic rings. The summed E-state index contributed by atoms with van der Waals surface area (Å²) >= 11 is 0. The number of carbonyl (C=O) groups is 2. The van der Waals surface area contributed by atoms with Crippen LogP contribution in [-0.2, 0) is 16.1 Å². The zero-order valence-corrected chi connectivity index (χ0v) is 18.5. The second-order valence-corrected chi connectivity index (χ2v) is 8.23. The summed E-state index contributed by atoms with van der Waals surface area (Å²) in [6.45, 7) is 4.80. The van der Waals surface area contributed by atoms with E-state index in [1.54, 1.807) is 67.0 Å². The SMILES string of the molecule is CC(C)COc1ccc(/C(O)=C2/C(=O)C(=O)N(Cc3ccccn3)C2c2ccccn2)cc1. The van der Waals surface area contributed by atoms with Crippen LogP contribution in [0.3, 0.4) is 0 Å². The van der Waals surface area contributed by atoms with Gasteiger partial charge in [0, 0.05) is 18.0 Å². The molecular formula is C26H25N3O4. The van der Waals surface area contributed by atoms with E-state index in [-0.39, 0.29) is 17.9 Å². The summed E-state index contributed by atoms with van der Waals surface area (Å²) in [6.07, 6.45) is 3.22. The van der Waals surface area contributed by atoms with Gasteiger partial charge in [-0.1, -0.05) is 26.0 Å². The number of aliphatic hydroxyl groups excluding tert-OH is 1. The van der Waals surface area contributed by atoms with Crippen LogP contribution in [0.4, 0.5) is 0 Å². The Kier molecular flexibility index (Phi) is 6.49. The molecule has 1 N–H and O–H groups in total. The highest BCUT2D eigenvalue weighted by molar-refractivity contribution is 6.46. The fraction of sp³-hybridized carbons (Fsp3) is 0.231. The molecule has 1 aliphatic heterocycles. The highest BCUT2D eigenvalue weighted by Gasteiger charge is 2.46. The minimum Gasteiger partial charge on any atom is -0.507 e. The number of carbonyl (C=O) groups excluding carboxylic acids is 2.